The summed E-state index contributed by atoms with van der Waals surface area (Å²) in [5.41, 5.74) is 0. The lowest BCUT2D eigenvalue weighted by Gasteiger charge is -2.23. The van der Waals surface area contributed by atoms with Crippen molar-refractivity contribution in [2.24, 2.45) is 11.8 Å². The molecule has 1 unspecified atom stereocenters. The highest BCUT2D eigenvalue weighted by molar-refractivity contribution is 5.79. The summed E-state index contributed by atoms with van der Waals surface area (Å²) >= 11 is 0. The van der Waals surface area contributed by atoms with Gasteiger partial charge in [-0.2, -0.15) is 0 Å². The largest absolute Gasteiger partial charge is 0.342 e. The minimum atomic E-state index is 0.299. The number of hydrogen-bond donors (Lipinski definition) is 0. The highest BCUT2D eigenvalue weighted by atomic mass is 16.2. The van der Waals surface area contributed by atoms with Gasteiger partial charge in [-0.15, -0.1) is 0 Å². The standard InChI is InChI=1S/C12H21NO/c1-10(11-6-7-11)12(14)13-8-4-2-3-5-9-13/h10-11H,2-9H2,1H3. The van der Waals surface area contributed by atoms with Crippen LogP contribution in [0.5, 0.6) is 0 Å². The molecule has 2 fully saturated rings. The third-order valence-electron chi connectivity index (χ3n) is 3.64. The molecule has 0 aromatic carbocycles. The van der Waals surface area contributed by atoms with Gasteiger partial charge in [0.25, 0.3) is 0 Å². The molecule has 2 aliphatic rings. The molecule has 1 aliphatic carbocycles. The second-order valence-corrected chi connectivity index (χ2v) is 4.87. The fourth-order valence-corrected chi connectivity index (χ4v) is 2.38. The summed E-state index contributed by atoms with van der Waals surface area (Å²) in [7, 11) is 0. The first-order valence-electron chi connectivity index (χ1n) is 6.08. The molecule has 0 bridgehead atoms. The minimum Gasteiger partial charge on any atom is -0.342 e. The molecule has 0 aromatic rings. The summed E-state index contributed by atoms with van der Waals surface area (Å²) in [6.45, 7) is 4.14. The van der Waals surface area contributed by atoms with Crippen molar-refractivity contribution in [1.82, 2.24) is 4.90 Å². The summed E-state index contributed by atoms with van der Waals surface area (Å²) in [5.74, 6) is 1.44. The Morgan fingerprint density at radius 1 is 1.14 bits per heavy atom. The molecule has 1 atom stereocenters. The monoisotopic (exact) mass is 195 g/mol. The van der Waals surface area contributed by atoms with E-state index < -0.39 is 0 Å². The van der Waals surface area contributed by atoms with Gasteiger partial charge in [0, 0.05) is 19.0 Å². The molecule has 0 aromatic heterocycles. The molecular weight excluding hydrogens is 174 g/mol. The van der Waals surface area contributed by atoms with Gasteiger partial charge in [-0.25, -0.2) is 0 Å². The fraction of sp³-hybridized carbons (Fsp3) is 0.917. The second kappa shape index (κ2) is 4.33. The van der Waals surface area contributed by atoms with Gasteiger partial charge >= 0.3 is 0 Å². The molecule has 14 heavy (non-hydrogen) atoms. The van der Waals surface area contributed by atoms with E-state index in [4.69, 9.17) is 0 Å². The van der Waals surface area contributed by atoms with E-state index in [1.165, 1.54) is 38.5 Å². The number of hydrogen-bond acceptors (Lipinski definition) is 1. The van der Waals surface area contributed by atoms with E-state index in [9.17, 15) is 4.79 Å². The molecule has 2 rings (SSSR count). The Kier molecular flexibility index (Phi) is 3.09. The van der Waals surface area contributed by atoms with Gasteiger partial charge in [0.1, 0.15) is 0 Å². The van der Waals surface area contributed by atoms with E-state index in [2.05, 4.69) is 11.8 Å². The van der Waals surface area contributed by atoms with E-state index in [-0.39, 0.29) is 0 Å². The topological polar surface area (TPSA) is 20.3 Å². The number of likely N-dealkylation sites (tertiary alicyclic amines) is 1. The third-order valence-corrected chi connectivity index (χ3v) is 3.64. The predicted octanol–water partition coefficient (Wildman–Crippen LogP) is 2.44. The van der Waals surface area contributed by atoms with Crippen molar-refractivity contribution in [3.8, 4) is 0 Å². The number of amides is 1. The van der Waals surface area contributed by atoms with Crippen LogP contribution in [-0.2, 0) is 4.79 Å². The van der Waals surface area contributed by atoms with Crippen molar-refractivity contribution < 1.29 is 4.79 Å². The van der Waals surface area contributed by atoms with Gasteiger partial charge in [0.2, 0.25) is 5.91 Å². The Morgan fingerprint density at radius 3 is 2.21 bits per heavy atom. The van der Waals surface area contributed by atoms with Crippen LogP contribution in [0.15, 0.2) is 0 Å². The lowest BCUT2D eigenvalue weighted by Crippen LogP contribution is -2.36. The smallest absolute Gasteiger partial charge is 0.225 e. The van der Waals surface area contributed by atoms with E-state index in [1.807, 2.05) is 0 Å². The molecule has 80 valence electrons. The lowest BCUT2D eigenvalue weighted by molar-refractivity contribution is -0.135. The van der Waals surface area contributed by atoms with Crippen molar-refractivity contribution in [2.45, 2.75) is 45.4 Å². The van der Waals surface area contributed by atoms with Crippen LogP contribution < -0.4 is 0 Å². The molecule has 0 spiro atoms. The lowest BCUT2D eigenvalue weighted by atomic mass is 10.0. The summed E-state index contributed by atoms with van der Waals surface area (Å²) in [5, 5.41) is 0. The van der Waals surface area contributed by atoms with Crippen molar-refractivity contribution in [3.05, 3.63) is 0 Å². The van der Waals surface area contributed by atoms with E-state index in [1.54, 1.807) is 0 Å². The Bertz CT molecular complexity index is 202. The molecule has 1 amide bonds. The average Bonchev–Trinajstić information content (AvgIpc) is 3.02. The first-order chi connectivity index (χ1) is 6.79. The highest BCUT2D eigenvalue weighted by Crippen LogP contribution is 2.37. The van der Waals surface area contributed by atoms with Gasteiger partial charge in [-0.05, 0) is 31.6 Å². The summed E-state index contributed by atoms with van der Waals surface area (Å²) in [4.78, 5) is 14.2. The maximum atomic E-state index is 12.1. The van der Waals surface area contributed by atoms with Crippen LogP contribution in [0, 0.1) is 11.8 Å². The molecule has 0 N–H and O–H groups in total. The van der Waals surface area contributed by atoms with Crippen LogP contribution in [0.4, 0.5) is 0 Å². The van der Waals surface area contributed by atoms with E-state index >= 15 is 0 Å². The summed E-state index contributed by atoms with van der Waals surface area (Å²) < 4.78 is 0. The molecule has 2 nitrogen and oxygen atoms in total. The molecular formula is C12H21NO. The second-order valence-electron chi connectivity index (χ2n) is 4.87. The van der Waals surface area contributed by atoms with Gasteiger partial charge < -0.3 is 4.90 Å². The zero-order valence-corrected chi connectivity index (χ0v) is 9.17. The summed E-state index contributed by atoms with van der Waals surface area (Å²) in [6.07, 6.45) is 7.59. The molecule has 0 radical (unpaired) electrons. The van der Waals surface area contributed by atoms with Gasteiger partial charge in [-0.1, -0.05) is 19.8 Å². The zero-order chi connectivity index (χ0) is 9.97. The quantitative estimate of drug-likeness (QED) is 0.662. The minimum absolute atomic E-state index is 0.299. The van der Waals surface area contributed by atoms with Gasteiger partial charge in [0.15, 0.2) is 0 Å². The van der Waals surface area contributed by atoms with Crippen LogP contribution in [0.25, 0.3) is 0 Å². The maximum Gasteiger partial charge on any atom is 0.225 e. The van der Waals surface area contributed by atoms with Crippen molar-refractivity contribution >= 4 is 5.91 Å². The normalized spacial score (nSPS) is 25.6. The Hall–Kier alpha value is -0.530. The Morgan fingerprint density at radius 2 is 1.71 bits per heavy atom. The SMILES string of the molecule is CC(C(=O)N1CCCCCC1)C1CC1. The molecule has 2 heteroatoms. The van der Waals surface area contributed by atoms with Crippen molar-refractivity contribution in [3.63, 3.8) is 0 Å². The van der Waals surface area contributed by atoms with Crippen molar-refractivity contribution in [2.75, 3.05) is 13.1 Å². The maximum absolute atomic E-state index is 12.1. The predicted molar refractivity (Wildman–Crippen MR) is 56.9 cm³/mol. The van der Waals surface area contributed by atoms with Crippen molar-refractivity contribution in [1.29, 1.82) is 0 Å². The van der Waals surface area contributed by atoms with Crippen LogP contribution >= 0.6 is 0 Å². The molecule has 1 aliphatic heterocycles. The van der Waals surface area contributed by atoms with Crippen LogP contribution in [0.2, 0.25) is 0 Å². The highest BCUT2D eigenvalue weighted by Gasteiger charge is 2.34. The first kappa shape index (κ1) is 10.0. The van der Waals surface area contributed by atoms with Crippen LogP contribution in [0.3, 0.4) is 0 Å². The molecule has 1 saturated carbocycles. The fourth-order valence-electron chi connectivity index (χ4n) is 2.38. The number of nitrogens with zero attached hydrogens (tertiary/aromatic N) is 1. The van der Waals surface area contributed by atoms with Gasteiger partial charge in [0.05, 0.1) is 0 Å². The van der Waals surface area contributed by atoms with Crippen LogP contribution in [0.1, 0.15) is 45.4 Å². The van der Waals surface area contributed by atoms with Gasteiger partial charge in [-0.3, -0.25) is 4.79 Å². The van der Waals surface area contributed by atoms with E-state index in [0.29, 0.717) is 17.7 Å². The number of carbonyl (C=O) groups is 1. The van der Waals surface area contributed by atoms with E-state index in [0.717, 1.165) is 13.1 Å². The summed E-state index contributed by atoms with van der Waals surface area (Å²) in [6, 6.07) is 0. The number of rotatable bonds is 2. The molecule has 1 heterocycles. The van der Waals surface area contributed by atoms with Crippen LogP contribution in [-0.4, -0.2) is 23.9 Å². The third kappa shape index (κ3) is 2.28. The number of carbonyl (C=O) groups excluding carboxylic acids is 1. The first-order valence-corrected chi connectivity index (χ1v) is 6.08. The average molecular weight is 195 g/mol. The zero-order valence-electron chi connectivity index (χ0n) is 9.17. The Labute approximate surface area is 86.7 Å². The molecule has 1 saturated heterocycles. The Balaban J connectivity index is 1.87.